The molecule has 152 valence electrons. The normalized spacial score (nSPS) is 19.6. The summed E-state index contributed by atoms with van der Waals surface area (Å²) < 4.78 is 2.42. The summed E-state index contributed by atoms with van der Waals surface area (Å²) in [5, 5.41) is 0.411. The Balaban J connectivity index is 1.56. The van der Waals surface area contributed by atoms with E-state index in [0.717, 1.165) is 22.9 Å². The number of carbonyl (C=O) groups excluding carboxylic acids is 2. The number of aromatic nitrogens is 1. The van der Waals surface area contributed by atoms with Crippen LogP contribution >= 0.6 is 23.4 Å². The summed E-state index contributed by atoms with van der Waals surface area (Å²) in [6.45, 7) is 4.51. The number of thioether (sulfide) groups is 1. The monoisotopic (exact) mass is 428 g/mol. The number of carbonyl (C=O) groups is 2. The maximum atomic E-state index is 12.9. The summed E-state index contributed by atoms with van der Waals surface area (Å²) in [5.41, 5.74) is 4.32. The molecule has 0 radical (unpaired) electrons. The lowest BCUT2D eigenvalue weighted by Gasteiger charge is -2.26. The highest BCUT2D eigenvalue weighted by Crippen LogP contribution is 2.36. The molecule has 0 atom stereocenters. The van der Waals surface area contributed by atoms with E-state index in [-0.39, 0.29) is 17.7 Å². The van der Waals surface area contributed by atoms with Crippen molar-refractivity contribution in [1.82, 2.24) is 9.47 Å². The number of halogens is 1. The second kappa shape index (κ2) is 8.41. The van der Waals surface area contributed by atoms with Crippen LogP contribution in [0, 0.1) is 13.8 Å². The highest BCUT2D eigenvalue weighted by molar-refractivity contribution is 8.18. The maximum absolute atomic E-state index is 12.9. The van der Waals surface area contributed by atoms with Crippen molar-refractivity contribution in [2.45, 2.75) is 58.5 Å². The van der Waals surface area contributed by atoms with Crippen LogP contribution in [-0.2, 0) is 11.3 Å². The minimum Gasteiger partial charge on any atom is -0.346 e. The molecule has 2 fully saturated rings. The van der Waals surface area contributed by atoms with E-state index in [9.17, 15) is 9.59 Å². The molecular weight excluding hydrogens is 404 g/mol. The van der Waals surface area contributed by atoms with Crippen LogP contribution in [0.25, 0.3) is 6.08 Å². The smallest absolute Gasteiger partial charge is 0.293 e. The number of imide groups is 1. The number of hydrogen-bond acceptors (Lipinski definition) is 3. The van der Waals surface area contributed by atoms with Gasteiger partial charge in [-0.2, -0.15) is 0 Å². The molecule has 1 aromatic heterocycles. The molecule has 2 amide bonds. The zero-order valence-corrected chi connectivity index (χ0v) is 18.4. The fourth-order valence-electron chi connectivity index (χ4n) is 4.40. The van der Waals surface area contributed by atoms with Crippen LogP contribution in [0.3, 0.4) is 0 Å². The third-order valence-corrected chi connectivity index (χ3v) is 7.04. The Morgan fingerprint density at radius 2 is 1.79 bits per heavy atom. The summed E-state index contributed by atoms with van der Waals surface area (Å²) in [6, 6.07) is 9.90. The Morgan fingerprint density at radius 3 is 2.48 bits per heavy atom. The van der Waals surface area contributed by atoms with E-state index in [1.165, 1.54) is 48.4 Å². The molecule has 4 nitrogen and oxygen atoms in total. The quantitative estimate of drug-likeness (QED) is 0.522. The molecule has 1 aliphatic heterocycles. The molecular formula is C23H25ClN2O2S. The van der Waals surface area contributed by atoms with Crippen molar-refractivity contribution in [3.05, 3.63) is 62.8 Å². The van der Waals surface area contributed by atoms with Gasteiger partial charge in [-0.15, -0.1) is 0 Å². The second-order valence-electron chi connectivity index (χ2n) is 7.88. The number of aryl methyl sites for hydroxylation is 1. The lowest BCUT2D eigenvalue weighted by molar-refractivity contribution is -0.123. The number of nitrogens with zero attached hydrogens (tertiary/aromatic N) is 2. The average molecular weight is 429 g/mol. The topological polar surface area (TPSA) is 42.3 Å². The minimum absolute atomic E-state index is 0.225. The summed E-state index contributed by atoms with van der Waals surface area (Å²) in [5.74, 6) is -0.225. The predicted molar refractivity (Wildman–Crippen MR) is 119 cm³/mol. The van der Waals surface area contributed by atoms with Gasteiger partial charge in [-0.3, -0.25) is 14.5 Å². The molecule has 2 aromatic rings. The van der Waals surface area contributed by atoms with E-state index < -0.39 is 0 Å². The highest BCUT2D eigenvalue weighted by Gasteiger charge is 2.35. The van der Waals surface area contributed by atoms with Crippen LogP contribution in [0.4, 0.5) is 4.79 Å². The van der Waals surface area contributed by atoms with E-state index in [0.29, 0.717) is 16.0 Å². The SMILES string of the molecule is Cc1cc(/C=C2\SC(=O)N(Cc3ccc(Cl)cc3)C2=O)c(C)n1C1CCCCC1. The summed E-state index contributed by atoms with van der Waals surface area (Å²) in [4.78, 5) is 27.1. The van der Waals surface area contributed by atoms with E-state index in [1.807, 2.05) is 18.2 Å². The summed E-state index contributed by atoms with van der Waals surface area (Å²) in [6.07, 6.45) is 8.19. The third-order valence-electron chi connectivity index (χ3n) is 5.88. The fourth-order valence-corrected chi connectivity index (χ4v) is 5.35. The van der Waals surface area contributed by atoms with Gasteiger partial charge < -0.3 is 4.57 Å². The van der Waals surface area contributed by atoms with Gasteiger partial charge in [0.05, 0.1) is 11.4 Å². The Hall–Kier alpha value is -1.98. The van der Waals surface area contributed by atoms with Crippen molar-refractivity contribution >= 4 is 40.6 Å². The maximum Gasteiger partial charge on any atom is 0.293 e. The third kappa shape index (κ3) is 4.17. The Labute approximate surface area is 180 Å². The van der Waals surface area contributed by atoms with Crippen molar-refractivity contribution < 1.29 is 9.59 Å². The second-order valence-corrected chi connectivity index (χ2v) is 9.31. The van der Waals surface area contributed by atoms with E-state index in [1.54, 1.807) is 12.1 Å². The lowest BCUT2D eigenvalue weighted by Crippen LogP contribution is -2.27. The van der Waals surface area contributed by atoms with Gasteiger partial charge in [-0.25, -0.2) is 0 Å². The first-order valence-electron chi connectivity index (χ1n) is 10.1. The lowest BCUT2D eigenvalue weighted by atomic mass is 9.95. The van der Waals surface area contributed by atoms with Gasteiger partial charge >= 0.3 is 0 Å². The summed E-state index contributed by atoms with van der Waals surface area (Å²) >= 11 is 6.94. The standard InChI is InChI=1S/C23H25ClN2O2S/c1-15-12-18(16(2)26(15)20-6-4-3-5-7-20)13-21-22(27)25(23(28)29-21)14-17-8-10-19(24)11-9-17/h8-13,20H,3-7,14H2,1-2H3/b21-13-. The van der Waals surface area contributed by atoms with Crippen molar-refractivity contribution in [3.63, 3.8) is 0 Å². The van der Waals surface area contributed by atoms with Crippen molar-refractivity contribution in [2.24, 2.45) is 0 Å². The highest BCUT2D eigenvalue weighted by atomic mass is 35.5. The van der Waals surface area contributed by atoms with Gasteiger partial charge in [0, 0.05) is 22.5 Å². The molecule has 0 N–H and O–H groups in total. The van der Waals surface area contributed by atoms with Crippen LogP contribution < -0.4 is 0 Å². The molecule has 4 rings (SSSR count). The zero-order chi connectivity index (χ0) is 20.5. The van der Waals surface area contributed by atoms with Crippen molar-refractivity contribution in [2.75, 3.05) is 0 Å². The van der Waals surface area contributed by atoms with Crippen molar-refractivity contribution in [3.8, 4) is 0 Å². The van der Waals surface area contributed by atoms with Gasteiger partial charge in [-0.05, 0) is 73.9 Å². The first-order valence-corrected chi connectivity index (χ1v) is 11.3. The zero-order valence-electron chi connectivity index (χ0n) is 16.8. The summed E-state index contributed by atoms with van der Waals surface area (Å²) in [7, 11) is 0. The molecule has 2 aliphatic rings. The Bertz CT molecular complexity index is 972. The molecule has 0 bridgehead atoms. The van der Waals surface area contributed by atoms with E-state index in [4.69, 9.17) is 11.6 Å². The molecule has 6 heteroatoms. The van der Waals surface area contributed by atoms with Crippen LogP contribution in [0.1, 0.15) is 60.7 Å². The average Bonchev–Trinajstić information content (AvgIpc) is 3.14. The van der Waals surface area contributed by atoms with Gasteiger partial charge in [0.25, 0.3) is 11.1 Å². The van der Waals surface area contributed by atoms with Crippen LogP contribution in [0.15, 0.2) is 35.2 Å². The van der Waals surface area contributed by atoms with Crippen LogP contribution in [-0.4, -0.2) is 20.6 Å². The molecule has 1 saturated heterocycles. The number of rotatable bonds is 4. The predicted octanol–water partition coefficient (Wildman–Crippen LogP) is 6.50. The van der Waals surface area contributed by atoms with E-state index >= 15 is 0 Å². The number of benzene rings is 1. The van der Waals surface area contributed by atoms with Crippen LogP contribution in [0.2, 0.25) is 5.02 Å². The number of amides is 2. The molecule has 1 saturated carbocycles. The Morgan fingerprint density at radius 1 is 1.10 bits per heavy atom. The molecule has 1 aliphatic carbocycles. The first kappa shape index (κ1) is 20.3. The Kier molecular flexibility index (Phi) is 5.88. The van der Waals surface area contributed by atoms with E-state index in [2.05, 4.69) is 24.5 Å². The first-order chi connectivity index (χ1) is 13.9. The van der Waals surface area contributed by atoms with Crippen LogP contribution in [0.5, 0.6) is 0 Å². The molecule has 0 unspecified atom stereocenters. The fraction of sp³-hybridized carbons (Fsp3) is 0.391. The largest absolute Gasteiger partial charge is 0.346 e. The molecule has 2 heterocycles. The molecule has 29 heavy (non-hydrogen) atoms. The minimum atomic E-state index is -0.225. The van der Waals surface area contributed by atoms with Gasteiger partial charge in [0.15, 0.2) is 0 Å². The molecule has 0 spiro atoms. The van der Waals surface area contributed by atoms with Gasteiger partial charge in [-0.1, -0.05) is 43.0 Å². The van der Waals surface area contributed by atoms with Gasteiger partial charge in [0.1, 0.15) is 0 Å². The number of hydrogen-bond donors (Lipinski definition) is 0. The van der Waals surface area contributed by atoms with Gasteiger partial charge in [0.2, 0.25) is 0 Å². The van der Waals surface area contributed by atoms with Crippen molar-refractivity contribution in [1.29, 1.82) is 0 Å². The molecule has 1 aromatic carbocycles.